The molecule has 0 aliphatic rings. The smallest absolute Gasteiger partial charge is 0.0621 e. The summed E-state index contributed by atoms with van der Waals surface area (Å²) >= 11 is 0. The maximum absolute atomic E-state index is 2.49. The van der Waals surface area contributed by atoms with Crippen molar-refractivity contribution in [2.45, 2.75) is 0 Å². The number of benzene rings is 8. The van der Waals surface area contributed by atoms with Crippen molar-refractivity contribution >= 4 is 76.2 Å². The zero-order valence-corrected chi connectivity index (χ0v) is 27.1. The highest BCUT2D eigenvalue weighted by molar-refractivity contribution is 6.28. The fourth-order valence-electron chi connectivity index (χ4n) is 9.05. The molecule has 0 radical (unpaired) electrons. The van der Waals surface area contributed by atoms with Gasteiger partial charge in [0.25, 0.3) is 0 Å². The second kappa shape index (κ2) is 9.49. The van der Waals surface area contributed by atoms with Crippen molar-refractivity contribution in [3.05, 3.63) is 170 Å². The first-order valence-corrected chi connectivity index (χ1v) is 17.4. The maximum Gasteiger partial charge on any atom is 0.0621 e. The van der Waals surface area contributed by atoms with E-state index in [1.165, 1.54) is 110 Å². The van der Waals surface area contributed by atoms with Crippen LogP contribution in [-0.4, -0.2) is 8.80 Å². The van der Waals surface area contributed by atoms with Crippen LogP contribution in [0.15, 0.2) is 170 Å². The average Bonchev–Trinajstić information content (AvgIpc) is 3.91. The summed E-state index contributed by atoms with van der Waals surface area (Å²) < 4.78 is 4.97. The van der Waals surface area contributed by atoms with Gasteiger partial charge in [-0.05, 0) is 88.0 Å². The van der Waals surface area contributed by atoms with Gasteiger partial charge in [-0.3, -0.25) is 0 Å². The molecule has 4 heterocycles. The molecule has 230 valence electrons. The molecule has 2 heteroatoms. The number of hydrogen-bond donors (Lipinski definition) is 0. The molecule has 12 aromatic rings. The molecule has 0 saturated heterocycles. The predicted molar refractivity (Wildman–Crippen MR) is 212 cm³/mol. The molecular weight excluding hydrogens is 605 g/mol. The third kappa shape index (κ3) is 3.32. The molecule has 4 aromatic heterocycles. The minimum Gasteiger partial charge on any atom is -0.308 e. The van der Waals surface area contributed by atoms with Crippen LogP contribution in [0.5, 0.6) is 0 Å². The normalized spacial score (nSPS) is 12.4. The second-order valence-electron chi connectivity index (χ2n) is 13.7. The van der Waals surface area contributed by atoms with Crippen molar-refractivity contribution in [1.82, 2.24) is 8.80 Å². The van der Waals surface area contributed by atoms with E-state index in [2.05, 4.69) is 179 Å². The van der Waals surface area contributed by atoms with Gasteiger partial charge in [0.05, 0.1) is 33.1 Å². The van der Waals surface area contributed by atoms with Crippen molar-refractivity contribution in [3.8, 4) is 33.4 Å². The lowest BCUT2D eigenvalue weighted by Gasteiger charge is -2.08. The SMILES string of the molecule is c1ccc(-c2ccc3c(c2)c2cc(-c4cc5c6ccccc6n6c7cccc(-c8ccccc8)c7c(c4)c56)cc4c5ccccc5n3c42)cc1. The van der Waals surface area contributed by atoms with Crippen molar-refractivity contribution in [2.75, 3.05) is 0 Å². The Labute approximate surface area is 287 Å². The molecule has 0 spiro atoms. The Hall–Kier alpha value is -6.64. The van der Waals surface area contributed by atoms with E-state index >= 15 is 0 Å². The molecular formula is C48H28N2. The lowest BCUT2D eigenvalue weighted by atomic mass is 9.94. The van der Waals surface area contributed by atoms with Gasteiger partial charge in [-0.25, -0.2) is 0 Å². The molecule has 0 saturated carbocycles. The van der Waals surface area contributed by atoms with Crippen molar-refractivity contribution in [2.24, 2.45) is 0 Å². The summed E-state index contributed by atoms with van der Waals surface area (Å²) in [5.41, 5.74) is 15.1. The van der Waals surface area contributed by atoms with Gasteiger partial charge in [0.15, 0.2) is 0 Å². The van der Waals surface area contributed by atoms with E-state index in [9.17, 15) is 0 Å². The monoisotopic (exact) mass is 632 g/mol. The van der Waals surface area contributed by atoms with Crippen LogP contribution in [0, 0.1) is 0 Å². The highest BCUT2D eigenvalue weighted by atomic mass is 14.9. The summed E-state index contributed by atoms with van der Waals surface area (Å²) in [5, 5.41) is 10.4. The fraction of sp³-hybridized carbons (Fsp3) is 0. The number of hydrogen-bond acceptors (Lipinski definition) is 0. The van der Waals surface area contributed by atoms with E-state index in [1.807, 2.05) is 0 Å². The highest BCUT2D eigenvalue weighted by Crippen LogP contribution is 2.47. The minimum atomic E-state index is 1.24. The van der Waals surface area contributed by atoms with Crippen LogP contribution >= 0.6 is 0 Å². The molecule has 8 aromatic carbocycles. The Morgan fingerprint density at radius 2 is 0.740 bits per heavy atom. The van der Waals surface area contributed by atoms with Crippen LogP contribution < -0.4 is 0 Å². The van der Waals surface area contributed by atoms with Crippen molar-refractivity contribution in [1.29, 1.82) is 0 Å². The van der Waals surface area contributed by atoms with Gasteiger partial charge in [-0.2, -0.15) is 0 Å². The van der Waals surface area contributed by atoms with Crippen molar-refractivity contribution < 1.29 is 0 Å². The van der Waals surface area contributed by atoms with Gasteiger partial charge in [-0.1, -0.05) is 115 Å². The third-order valence-corrected chi connectivity index (χ3v) is 11.1. The number of fused-ring (bicyclic) bond motifs is 12. The third-order valence-electron chi connectivity index (χ3n) is 11.1. The van der Waals surface area contributed by atoms with E-state index in [-0.39, 0.29) is 0 Å². The largest absolute Gasteiger partial charge is 0.308 e. The Morgan fingerprint density at radius 3 is 1.42 bits per heavy atom. The molecule has 0 N–H and O–H groups in total. The fourth-order valence-corrected chi connectivity index (χ4v) is 9.05. The summed E-state index contributed by atoms with van der Waals surface area (Å²) in [6.07, 6.45) is 0. The van der Waals surface area contributed by atoms with Crippen LogP contribution in [0.25, 0.3) is 110 Å². The Balaban J connectivity index is 1.23. The van der Waals surface area contributed by atoms with Gasteiger partial charge in [-0.15, -0.1) is 0 Å². The van der Waals surface area contributed by atoms with Crippen LogP contribution in [0.1, 0.15) is 0 Å². The molecule has 0 aliphatic heterocycles. The first kappa shape index (κ1) is 26.3. The quantitative estimate of drug-likeness (QED) is 0.183. The zero-order valence-electron chi connectivity index (χ0n) is 27.1. The topological polar surface area (TPSA) is 8.82 Å². The van der Waals surface area contributed by atoms with E-state index in [0.717, 1.165) is 0 Å². The van der Waals surface area contributed by atoms with Gasteiger partial charge in [0.2, 0.25) is 0 Å². The Morgan fingerprint density at radius 1 is 0.260 bits per heavy atom. The molecule has 0 bridgehead atoms. The maximum atomic E-state index is 2.49. The summed E-state index contributed by atoms with van der Waals surface area (Å²) in [6, 6.07) is 62.9. The van der Waals surface area contributed by atoms with E-state index < -0.39 is 0 Å². The van der Waals surface area contributed by atoms with Crippen molar-refractivity contribution in [3.63, 3.8) is 0 Å². The lowest BCUT2D eigenvalue weighted by molar-refractivity contribution is 1.37. The first-order valence-electron chi connectivity index (χ1n) is 17.4. The number of nitrogens with zero attached hydrogens (tertiary/aromatic N) is 2. The molecule has 50 heavy (non-hydrogen) atoms. The van der Waals surface area contributed by atoms with Gasteiger partial charge in [0, 0.05) is 43.1 Å². The standard InChI is InChI=1S/C48H28N2/c1-3-12-29(13-4-1)31-22-23-44-37(24-31)40-27-32(25-38-35-16-7-9-19-42(35)49(44)47(38)40)33-26-39-36-17-8-10-20-43(36)50-45-21-11-18-34(30-14-5-2-6-15-30)46(45)41(28-33)48(39)50/h1-28H. The molecule has 0 amide bonds. The number of aromatic nitrogens is 2. The Bertz CT molecular complexity index is 3290. The Kier molecular flexibility index (Phi) is 5.00. The first-order chi connectivity index (χ1) is 24.8. The zero-order chi connectivity index (χ0) is 32.5. The molecule has 0 atom stereocenters. The van der Waals surface area contributed by atoms with Gasteiger partial charge >= 0.3 is 0 Å². The van der Waals surface area contributed by atoms with Crippen LogP contribution in [0.3, 0.4) is 0 Å². The van der Waals surface area contributed by atoms with Crippen LogP contribution in [0.2, 0.25) is 0 Å². The van der Waals surface area contributed by atoms with Gasteiger partial charge < -0.3 is 8.80 Å². The molecule has 12 rings (SSSR count). The minimum absolute atomic E-state index is 1.24. The summed E-state index contributed by atoms with van der Waals surface area (Å²) in [7, 11) is 0. The number of para-hydroxylation sites is 2. The molecule has 2 nitrogen and oxygen atoms in total. The van der Waals surface area contributed by atoms with E-state index in [0.29, 0.717) is 0 Å². The van der Waals surface area contributed by atoms with E-state index in [1.54, 1.807) is 0 Å². The molecule has 0 fully saturated rings. The van der Waals surface area contributed by atoms with Crippen LogP contribution in [-0.2, 0) is 0 Å². The second-order valence-corrected chi connectivity index (χ2v) is 13.7. The van der Waals surface area contributed by atoms with Gasteiger partial charge in [0.1, 0.15) is 0 Å². The lowest BCUT2D eigenvalue weighted by Crippen LogP contribution is -1.83. The summed E-state index contributed by atoms with van der Waals surface area (Å²) in [6.45, 7) is 0. The van der Waals surface area contributed by atoms with Crippen LogP contribution in [0.4, 0.5) is 0 Å². The predicted octanol–water partition coefficient (Wildman–Crippen LogP) is 13.0. The molecule has 0 unspecified atom stereocenters. The molecule has 0 aliphatic carbocycles. The average molecular weight is 633 g/mol. The summed E-state index contributed by atoms with van der Waals surface area (Å²) in [4.78, 5) is 0. The summed E-state index contributed by atoms with van der Waals surface area (Å²) in [5.74, 6) is 0. The van der Waals surface area contributed by atoms with E-state index in [4.69, 9.17) is 0 Å². The number of rotatable bonds is 3. The highest BCUT2D eigenvalue weighted by Gasteiger charge is 2.23.